The zero-order chi connectivity index (χ0) is 13.9. The number of hydrogen-bond donors (Lipinski definition) is 1. The minimum Gasteiger partial charge on any atom is -0.316 e. The second kappa shape index (κ2) is 5.80. The molecule has 1 aromatic heterocycles. The molecule has 0 aliphatic carbocycles. The van der Waals surface area contributed by atoms with Crippen LogP contribution in [0.25, 0.3) is 0 Å². The Morgan fingerprint density at radius 1 is 1.20 bits per heavy atom. The van der Waals surface area contributed by atoms with E-state index in [4.69, 9.17) is 0 Å². The van der Waals surface area contributed by atoms with Gasteiger partial charge in [-0.05, 0) is 43.9 Å². The van der Waals surface area contributed by atoms with Crippen LogP contribution in [0, 0.1) is 6.92 Å². The fourth-order valence-corrected chi connectivity index (χ4v) is 3.17. The van der Waals surface area contributed by atoms with E-state index in [0.717, 1.165) is 19.6 Å². The molecule has 1 aliphatic rings. The van der Waals surface area contributed by atoms with Crippen molar-refractivity contribution in [2.24, 2.45) is 0 Å². The quantitative estimate of drug-likeness (QED) is 0.928. The van der Waals surface area contributed by atoms with Crippen molar-refractivity contribution in [1.29, 1.82) is 0 Å². The molecule has 2 heterocycles. The molecule has 1 saturated heterocycles. The Bertz CT molecular complexity index is 556. The van der Waals surface area contributed by atoms with E-state index in [1.54, 1.807) is 0 Å². The summed E-state index contributed by atoms with van der Waals surface area (Å²) in [6.45, 7) is 7.39. The lowest BCUT2D eigenvalue weighted by atomic mass is 9.78. The van der Waals surface area contributed by atoms with E-state index in [2.05, 4.69) is 60.9 Å². The minimum absolute atomic E-state index is 0.554. The zero-order valence-corrected chi connectivity index (χ0v) is 12.3. The normalized spacial score (nSPS) is 22.9. The minimum atomic E-state index is 0.554. The summed E-state index contributed by atoms with van der Waals surface area (Å²) in [7, 11) is 0. The van der Waals surface area contributed by atoms with Gasteiger partial charge < -0.3 is 5.32 Å². The highest BCUT2D eigenvalue weighted by atomic mass is 15.3. The molecule has 3 nitrogen and oxygen atoms in total. The lowest BCUT2D eigenvalue weighted by Gasteiger charge is -2.32. The van der Waals surface area contributed by atoms with Crippen molar-refractivity contribution in [2.45, 2.75) is 38.6 Å². The van der Waals surface area contributed by atoms with Crippen LogP contribution in [0.5, 0.6) is 0 Å². The largest absolute Gasteiger partial charge is 0.316 e. The highest BCUT2D eigenvalue weighted by Gasteiger charge is 2.28. The van der Waals surface area contributed by atoms with E-state index in [9.17, 15) is 0 Å². The summed E-state index contributed by atoms with van der Waals surface area (Å²) >= 11 is 0. The average Bonchev–Trinajstić information content (AvgIpc) is 2.97. The van der Waals surface area contributed by atoms with E-state index < -0.39 is 0 Å². The molecule has 1 fully saturated rings. The Morgan fingerprint density at radius 2 is 2.00 bits per heavy atom. The predicted molar refractivity (Wildman–Crippen MR) is 82.0 cm³/mol. The molecule has 20 heavy (non-hydrogen) atoms. The molecule has 0 saturated carbocycles. The first-order chi connectivity index (χ1) is 9.78. The molecule has 3 rings (SSSR count). The van der Waals surface area contributed by atoms with Crippen LogP contribution in [-0.4, -0.2) is 22.9 Å². The first-order valence-corrected chi connectivity index (χ1v) is 7.57. The molecule has 0 bridgehead atoms. The monoisotopic (exact) mass is 269 g/mol. The Kier molecular flexibility index (Phi) is 3.88. The van der Waals surface area contributed by atoms with Crippen LogP contribution in [0.1, 0.15) is 41.9 Å². The molecular formula is C17H23N3. The molecule has 2 atom stereocenters. The Balaban J connectivity index is 1.88. The molecule has 1 N–H and O–H groups in total. The summed E-state index contributed by atoms with van der Waals surface area (Å²) in [6.07, 6.45) is 5.46. The van der Waals surface area contributed by atoms with Gasteiger partial charge in [-0.3, -0.25) is 4.68 Å². The first-order valence-electron chi connectivity index (χ1n) is 7.57. The maximum Gasteiger partial charge on any atom is 0.0524 e. The Hall–Kier alpha value is -1.61. The van der Waals surface area contributed by atoms with Gasteiger partial charge >= 0.3 is 0 Å². The Labute approximate surface area is 121 Å². The van der Waals surface area contributed by atoms with Gasteiger partial charge in [-0.2, -0.15) is 5.10 Å². The third-order valence-electron chi connectivity index (χ3n) is 4.39. The molecule has 106 valence electrons. The summed E-state index contributed by atoms with van der Waals surface area (Å²) < 4.78 is 2.03. The number of nitrogens with one attached hydrogen (secondary N) is 1. The number of benzene rings is 1. The van der Waals surface area contributed by atoms with Gasteiger partial charge in [0.1, 0.15) is 0 Å². The van der Waals surface area contributed by atoms with Crippen molar-refractivity contribution in [1.82, 2.24) is 15.1 Å². The second-order valence-electron chi connectivity index (χ2n) is 5.75. The van der Waals surface area contributed by atoms with Crippen LogP contribution in [0.3, 0.4) is 0 Å². The van der Waals surface area contributed by atoms with Crippen molar-refractivity contribution in [3.8, 4) is 0 Å². The van der Waals surface area contributed by atoms with E-state index in [1.165, 1.54) is 23.1 Å². The van der Waals surface area contributed by atoms with E-state index in [-0.39, 0.29) is 0 Å². The maximum atomic E-state index is 4.45. The summed E-state index contributed by atoms with van der Waals surface area (Å²) in [5.74, 6) is 1.14. The van der Waals surface area contributed by atoms with Crippen LogP contribution in [-0.2, 0) is 6.54 Å². The smallest absolute Gasteiger partial charge is 0.0524 e. The first kappa shape index (κ1) is 13.4. The van der Waals surface area contributed by atoms with Gasteiger partial charge in [0.15, 0.2) is 0 Å². The van der Waals surface area contributed by atoms with Crippen LogP contribution in [0.15, 0.2) is 36.7 Å². The third-order valence-corrected chi connectivity index (χ3v) is 4.39. The Morgan fingerprint density at radius 3 is 2.70 bits per heavy atom. The topological polar surface area (TPSA) is 29.9 Å². The van der Waals surface area contributed by atoms with Crippen LogP contribution in [0.2, 0.25) is 0 Å². The number of nitrogens with zero attached hydrogens (tertiary/aromatic N) is 2. The van der Waals surface area contributed by atoms with Gasteiger partial charge in [-0.15, -0.1) is 0 Å². The number of aryl methyl sites for hydroxylation is 2. The van der Waals surface area contributed by atoms with Gasteiger partial charge in [-0.25, -0.2) is 0 Å². The molecule has 2 unspecified atom stereocenters. The number of piperidine rings is 1. The lowest BCUT2D eigenvalue weighted by Crippen LogP contribution is -2.33. The van der Waals surface area contributed by atoms with Gasteiger partial charge in [0.05, 0.1) is 6.20 Å². The molecular weight excluding hydrogens is 246 g/mol. The SMILES string of the molecule is CCn1cc(C2CCNCC2c2ccc(C)cc2)cn1. The van der Waals surface area contributed by atoms with Crippen LogP contribution in [0.4, 0.5) is 0 Å². The highest BCUT2D eigenvalue weighted by molar-refractivity contribution is 5.30. The molecule has 3 heteroatoms. The molecule has 1 aliphatic heterocycles. The van der Waals surface area contributed by atoms with E-state index in [1.807, 2.05) is 4.68 Å². The van der Waals surface area contributed by atoms with Crippen molar-refractivity contribution in [2.75, 3.05) is 13.1 Å². The fraction of sp³-hybridized carbons (Fsp3) is 0.471. The van der Waals surface area contributed by atoms with E-state index >= 15 is 0 Å². The molecule has 1 aromatic carbocycles. The molecule has 0 radical (unpaired) electrons. The van der Waals surface area contributed by atoms with Gasteiger partial charge in [-0.1, -0.05) is 29.8 Å². The van der Waals surface area contributed by atoms with Gasteiger partial charge in [0, 0.05) is 25.2 Å². The maximum absolute atomic E-state index is 4.45. The molecule has 0 spiro atoms. The lowest BCUT2D eigenvalue weighted by molar-refractivity contribution is 0.404. The van der Waals surface area contributed by atoms with Gasteiger partial charge in [0.2, 0.25) is 0 Å². The summed E-state index contributed by atoms with van der Waals surface area (Å²) in [4.78, 5) is 0. The van der Waals surface area contributed by atoms with Crippen LogP contribution < -0.4 is 5.32 Å². The van der Waals surface area contributed by atoms with E-state index in [0.29, 0.717) is 11.8 Å². The van der Waals surface area contributed by atoms with Crippen molar-refractivity contribution >= 4 is 0 Å². The summed E-state index contributed by atoms with van der Waals surface area (Å²) in [5, 5.41) is 7.99. The third kappa shape index (κ3) is 2.63. The van der Waals surface area contributed by atoms with Gasteiger partial charge in [0.25, 0.3) is 0 Å². The van der Waals surface area contributed by atoms with Crippen molar-refractivity contribution < 1.29 is 0 Å². The number of hydrogen-bond acceptors (Lipinski definition) is 2. The van der Waals surface area contributed by atoms with Crippen molar-refractivity contribution in [3.63, 3.8) is 0 Å². The summed E-state index contributed by atoms with van der Waals surface area (Å²) in [5.41, 5.74) is 4.16. The number of rotatable bonds is 3. The predicted octanol–water partition coefficient (Wildman–Crippen LogP) is 3.07. The standard InChI is InChI=1S/C17H23N3/c1-3-20-12-15(10-19-20)16-8-9-18-11-17(16)14-6-4-13(2)5-7-14/h4-7,10,12,16-18H,3,8-9,11H2,1-2H3. The summed E-state index contributed by atoms with van der Waals surface area (Å²) in [6, 6.07) is 9.00. The number of aromatic nitrogens is 2. The average molecular weight is 269 g/mol. The second-order valence-corrected chi connectivity index (χ2v) is 5.75. The van der Waals surface area contributed by atoms with Crippen LogP contribution >= 0.6 is 0 Å². The zero-order valence-electron chi connectivity index (χ0n) is 12.3. The van der Waals surface area contributed by atoms with Crippen molar-refractivity contribution in [3.05, 3.63) is 53.3 Å². The fourth-order valence-electron chi connectivity index (χ4n) is 3.17. The molecule has 0 amide bonds. The molecule has 2 aromatic rings. The highest BCUT2D eigenvalue weighted by Crippen LogP contribution is 2.37.